The van der Waals surface area contributed by atoms with Gasteiger partial charge < -0.3 is 9.13 Å². The Hall–Kier alpha value is -3.86. The van der Waals surface area contributed by atoms with Crippen LogP contribution >= 0.6 is 0 Å². The Kier molecular flexibility index (Phi) is 15.9. The molecule has 0 aliphatic rings. The number of nitrogens with zero attached hydrogens (tertiary/aromatic N) is 8. The number of hydrogen-bond donors (Lipinski definition) is 0. The Morgan fingerprint density at radius 3 is 1.25 bits per heavy atom. The molecule has 0 fully saturated rings. The van der Waals surface area contributed by atoms with Gasteiger partial charge in [-0.15, -0.1) is 0 Å². The van der Waals surface area contributed by atoms with Crippen molar-refractivity contribution in [3.63, 3.8) is 0 Å². The van der Waals surface area contributed by atoms with Gasteiger partial charge in [-0.2, -0.15) is 0 Å². The van der Waals surface area contributed by atoms with Gasteiger partial charge in [-0.05, 0) is 39.5 Å². The van der Waals surface area contributed by atoms with Crippen molar-refractivity contribution >= 4 is 22.3 Å². The van der Waals surface area contributed by atoms with E-state index in [1.165, 1.54) is 18.3 Å². The van der Waals surface area contributed by atoms with E-state index in [2.05, 4.69) is 9.97 Å². The summed E-state index contributed by atoms with van der Waals surface area (Å²) in [7, 11) is 6.81. The van der Waals surface area contributed by atoms with Gasteiger partial charge in [0.2, 0.25) is 0 Å². The summed E-state index contributed by atoms with van der Waals surface area (Å²) >= 11 is 0. The van der Waals surface area contributed by atoms with E-state index in [9.17, 15) is 19.2 Å². The van der Waals surface area contributed by atoms with Gasteiger partial charge in [0.15, 0.2) is 22.3 Å². The number of fused-ring (bicyclic) bond motifs is 2. The highest BCUT2D eigenvalue weighted by Crippen LogP contribution is 2.08. The highest BCUT2D eigenvalue weighted by atomic mass is 17.2. The molecule has 0 unspecified atom stereocenters. The molecule has 0 bridgehead atoms. The highest BCUT2D eigenvalue weighted by molar-refractivity contribution is 5.70. The third kappa shape index (κ3) is 10.1. The summed E-state index contributed by atoms with van der Waals surface area (Å²) in [4.78, 5) is 77.4. The van der Waals surface area contributed by atoms with E-state index in [4.69, 9.17) is 19.6 Å². The Morgan fingerprint density at radius 2 is 0.875 bits per heavy atom. The molecular weight excluding hydrogens is 624 g/mol. The summed E-state index contributed by atoms with van der Waals surface area (Å²) in [5.74, 6) is 0. The second-order valence-electron chi connectivity index (χ2n) is 11.6. The van der Waals surface area contributed by atoms with Crippen LogP contribution in [0.5, 0.6) is 0 Å². The van der Waals surface area contributed by atoms with Crippen molar-refractivity contribution in [2.45, 2.75) is 91.1 Å². The van der Waals surface area contributed by atoms with Crippen molar-refractivity contribution in [2.24, 2.45) is 28.2 Å². The third-order valence-electron chi connectivity index (χ3n) is 8.02. The summed E-state index contributed by atoms with van der Waals surface area (Å²) in [5.41, 5.74) is 0.627. The van der Waals surface area contributed by atoms with Gasteiger partial charge in [-0.3, -0.25) is 27.9 Å². The molecule has 0 spiro atoms. The molecule has 48 heavy (non-hydrogen) atoms. The van der Waals surface area contributed by atoms with E-state index >= 15 is 0 Å². The molecule has 16 nitrogen and oxygen atoms in total. The minimum absolute atomic E-state index is 0.258. The van der Waals surface area contributed by atoms with Gasteiger partial charge in [-0.1, -0.05) is 38.5 Å². The van der Waals surface area contributed by atoms with Crippen LogP contribution in [0.4, 0.5) is 0 Å². The average molecular weight is 677 g/mol. The molecule has 0 atom stereocenters. The fraction of sp³-hybridized carbons (Fsp3) is 0.688. The Balaban J connectivity index is 0.000000261. The first kappa shape index (κ1) is 38.6. The van der Waals surface area contributed by atoms with Crippen LogP contribution in [0.25, 0.3) is 22.3 Å². The number of rotatable bonds is 20. The van der Waals surface area contributed by atoms with Crippen LogP contribution in [0.2, 0.25) is 0 Å². The summed E-state index contributed by atoms with van der Waals surface area (Å²) in [6.45, 7) is 6.94. The van der Waals surface area contributed by atoms with Gasteiger partial charge in [0.25, 0.3) is 11.1 Å². The quantitative estimate of drug-likeness (QED) is 0.0774. The van der Waals surface area contributed by atoms with Crippen molar-refractivity contribution in [2.75, 3.05) is 26.4 Å². The van der Waals surface area contributed by atoms with Crippen LogP contribution in [0, 0.1) is 0 Å². The number of aromatic nitrogens is 8. The predicted molar refractivity (Wildman–Crippen MR) is 182 cm³/mol. The van der Waals surface area contributed by atoms with Crippen LogP contribution in [-0.4, -0.2) is 63.8 Å². The first-order valence-electron chi connectivity index (χ1n) is 16.9. The number of hydrogen-bond acceptors (Lipinski definition) is 10. The zero-order chi connectivity index (χ0) is 35.1. The summed E-state index contributed by atoms with van der Waals surface area (Å²) in [6.07, 6.45) is 12.7. The largest absolute Gasteiger partial charge is 0.332 e. The zero-order valence-electron chi connectivity index (χ0n) is 29.3. The van der Waals surface area contributed by atoms with E-state index < -0.39 is 0 Å². The van der Waals surface area contributed by atoms with Gasteiger partial charge in [0, 0.05) is 41.3 Å². The molecule has 0 N–H and O–H groups in total. The molecule has 0 aliphatic heterocycles. The topological polar surface area (TPSA) is 161 Å². The summed E-state index contributed by atoms with van der Waals surface area (Å²) in [5, 5.41) is 0. The lowest BCUT2D eigenvalue weighted by Crippen LogP contribution is -2.39. The maximum Gasteiger partial charge on any atom is 0.332 e. The van der Waals surface area contributed by atoms with Crippen LogP contribution in [0.15, 0.2) is 31.8 Å². The molecule has 4 aromatic heterocycles. The monoisotopic (exact) mass is 676 g/mol. The third-order valence-corrected chi connectivity index (χ3v) is 8.02. The highest BCUT2D eigenvalue weighted by Gasteiger charge is 2.15. The molecule has 268 valence electrons. The molecule has 4 heterocycles. The van der Waals surface area contributed by atoms with Crippen molar-refractivity contribution < 1.29 is 19.6 Å². The Morgan fingerprint density at radius 1 is 0.521 bits per heavy atom. The first-order chi connectivity index (χ1) is 23.1. The lowest BCUT2D eigenvalue weighted by atomic mass is 10.1. The number of unbranched alkanes of at least 4 members (excludes halogenated alkanes) is 8. The Labute approximate surface area is 279 Å². The minimum atomic E-state index is -0.319. The fourth-order valence-corrected chi connectivity index (χ4v) is 5.39. The summed E-state index contributed by atoms with van der Waals surface area (Å²) in [6, 6.07) is 0. The van der Waals surface area contributed by atoms with Crippen molar-refractivity contribution in [1.29, 1.82) is 0 Å². The molecule has 4 aromatic rings. The van der Waals surface area contributed by atoms with Crippen molar-refractivity contribution in [3.8, 4) is 0 Å². The molecule has 0 saturated carbocycles. The van der Waals surface area contributed by atoms with Gasteiger partial charge in [0.05, 0.1) is 39.1 Å². The molecular formula is C32H52N8O8. The van der Waals surface area contributed by atoms with Crippen molar-refractivity contribution in [1.82, 2.24) is 37.4 Å². The van der Waals surface area contributed by atoms with E-state index in [0.717, 1.165) is 64.2 Å². The SMILES string of the molecule is CCOOCCCCCCCCn1c(=O)c2c(ncn2C)n(C)c1=O.CCOOCCCCCCn1c(=O)c2c(ncn2C)n(C)c1=O. The lowest BCUT2D eigenvalue weighted by molar-refractivity contribution is -0.291. The van der Waals surface area contributed by atoms with Gasteiger partial charge in [0.1, 0.15) is 0 Å². The maximum absolute atomic E-state index is 12.5. The zero-order valence-corrected chi connectivity index (χ0v) is 29.3. The minimum Gasteiger partial charge on any atom is -0.328 e. The van der Waals surface area contributed by atoms with E-state index in [1.54, 1.807) is 50.0 Å². The molecule has 4 rings (SSSR count). The Bertz CT molecular complexity index is 1810. The van der Waals surface area contributed by atoms with Crippen molar-refractivity contribution in [3.05, 3.63) is 54.3 Å². The average Bonchev–Trinajstić information content (AvgIpc) is 3.66. The normalized spacial score (nSPS) is 11.5. The molecule has 16 heteroatoms. The predicted octanol–water partition coefficient (Wildman–Crippen LogP) is 2.70. The summed E-state index contributed by atoms with van der Waals surface area (Å²) < 4.78 is 8.79. The first-order valence-corrected chi connectivity index (χ1v) is 16.9. The van der Waals surface area contributed by atoms with Gasteiger partial charge >= 0.3 is 11.4 Å². The van der Waals surface area contributed by atoms with Crippen LogP contribution < -0.4 is 22.5 Å². The molecule has 0 saturated heterocycles. The van der Waals surface area contributed by atoms with E-state index in [-0.39, 0.29) is 22.5 Å². The van der Waals surface area contributed by atoms with Crippen LogP contribution in [0.1, 0.15) is 78.1 Å². The van der Waals surface area contributed by atoms with E-state index in [1.807, 2.05) is 13.8 Å². The number of imidazole rings is 2. The maximum atomic E-state index is 12.5. The smallest absolute Gasteiger partial charge is 0.328 e. The number of aryl methyl sites for hydroxylation is 4. The van der Waals surface area contributed by atoms with Crippen LogP contribution in [-0.2, 0) is 60.8 Å². The molecule has 0 radical (unpaired) electrons. The fourth-order valence-electron chi connectivity index (χ4n) is 5.39. The molecule has 0 aromatic carbocycles. The standard InChI is InChI=1S/C17H28N4O4.C15H24N4O4/c1-4-24-25-12-10-8-6-5-7-9-11-21-16(22)14-15(18-13-19(14)2)20(3)17(21)23;1-4-22-23-10-8-6-5-7-9-19-14(20)12-13(16-11-17(12)2)18(3)15(19)21/h13H,4-12H2,1-3H3;11H,4-10H2,1-3H3. The van der Waals surface area contributed by atoms with E-state index in [0.29, 0.717) is 61.8 Å². The van der Waals surface area contributed by atoms with Gasteiger partial charge in [-0.25, -0.2) is 39.1 Å². The van der Waals surface area contributed by atoms with Crippen LogP contribution in [0.3, 0.4) is 0 Å². The second kappa shape index (κ2) is 19.8. The second-order valence-corrected chi connectivity index (χ2v) is 11.6. The molecule has 0 amide bonds. The molecule has 0 aliphatic carbocycles. The lowest BCUT2D eigenvalue weighted by Gasteiger charge is -2.08.